The predicted molar refractivity (Wildman–Crippen MR) is 76.9 cm³/mol. The summed E-state index contributed by atoms with van der Waals surface area (Å²) in [6, 6.07) is 4.34. The maximum absolute atomic E-state index is 13.8. The molecule has 19 heavy (non-hydrogen) atoms. The van der Waals surface area contributed by atoms with Gasteiger partial charge in [0.25, 0.3) is 0 Å². The van der Waals surface area contributed by atoms with E-state index in [0.29, 0.717) is 30.3 Å². The zero-order chi connectivity index (χ0) is 14.4. The molecule has 0 amide bonds. The largest absolute Gasteiger partial charge is 0.377 e. The lowest BCUT2D eigenvalue weighted by Crippen LogP contribution is -2.34. The van der Waals surface area contributed by atoms with Crippen molar-refractivity contribution in [2.24, 2.45) is 5.73 Å². The second-order valence-electron chi connectivity index (χ2n) is 4.82. The molecule has 108 valence electrons. The van der Waals surface area contributed by atoms with Crippen LogP contribution in [0.4, 0.5) is 4.39 Å². The normalized spacial score (nSPS) is 13.3. The van der Waals surface area contributed by atoms with Crippen molar-refractivity contribution in [2.45, 2.75) is 26.0 Å². The van der Waals surface area contributed by atoms with Crippen molar-refractivity contribution in [3.8, 4) is 0 Å². The summed E-state index contributed by atoms with van der Waals surface area (Å²) in [6.07, 6.45) is 0.188. The van der Waals surface area contributed by atoms with Crippen LogP contribution in [0.1, 0.15) is 25.5 Å². The fourth-order valence-corrected chi connectivity index (χ4v) is 2.08. The molecule has 0 aliphatic rings. The summed E-state index contributed by atoms with van der Waals surface area (Å²) in [7, 11) is 1.90. The molecule has 1 rings (SSSR count). The van der Waals surface area contributed by atoms with E-state index in [4.69, 9.17) is 22.1 Å². The molecule has 0 heterocycles. The van der Waals surface area contributed by atoms with Crippen LogP contribution in [0.15, 0.2) is 18.2 Å². The molecule has 0 aromatic heterocycles. The average molecular weight is 289 g/mol. The Kier molecular flexibility index (Phi) is 6.72. The Hall–Kier alpha value is -0.680. The summed E-state index contributed by atoms with van der Waals surface area (Å²) in [5.41, 5.74) is 6.29. The van der Waals surface area contributed by atoms with Gasteiger partial charge in [0.2, 0.25) is 0 Å². The van der Waals surface area contributed by atoms with Crippen LogP contribution in [-0.4, -0.2) is 37.7 Å². The molecule has 3 nitrogen and oxygen atoms in total. The first-order valence-electron chi connectivity index (χ1n) is 6.42. The van der Waals surface area contributed by atoms with Crippen LogP contribution in [0, 0.1) is 5.82 Å². The molecule has 0 fully saturated rings. The lowest BCUT2D eigenvalue weighted by atomic mass is 10.1. The van der Waals surface area contributed by atoms with Crippen molar-refractivity contribution in [3.63, 3.8) is 0 Å². The topological polar surface area (TPSA) is 38.5 Å². The Morgan fingerprint density at radius 1 is 1.42 bits per heavy atom. The van der Waals surface area contributed by atoms with Crippen LogP contribution in [0.25, 0.3) is 0 Å². The fourth-order valence-electron chi connectivity index (χ4n) is 1.90. The molecule has 1 unspecified atom stereocenters. The third-order valence-corrected chi connectivity index (χ3v) is 3.20. The van der Waals surface area contributed by atoms with Gasteiger partial charge in [-0.05, 0) is 39.1 Å². The molecule has 0 aliphatic heterocycles. The van der Waals surface area contributed by atoms with Crippen molar-refractivity contribution < 1.29 is 9.13 Å². The lowest BCUT2D eigenvalue weighted by molar-refractivity contribution is 0.0561. The molecular weight excluding hydrogens is 267 g/mol. The van der Waals surface area contributed by atoms with Crippen molar-refractivity contribution in [1.82, 2.24) is 4.90 Å². The minimum atomic E-state index is -0.281. The number of likely N-dealkylation sites (N-methyl/N-ethyl adjacent to an activating group) is 1. The van der Waals surface area contributed by atoms with Crippen molar-refractivity contribution >= 4 is 11.6 Å². The molecule has 0 saturated heterocycles. The molecular formula is C14H22ClFN2O. The standard InChI is InChI=1S/C14H22ClFN2O/c1-10(2)19-7-6-18(3)14(9-17)12-8-11(15)4-5-13(12)16/h4-5,8,10,14H,6-7,9,17H2,1-3H3. The van der Waals surface area contributed by atoms with Gasteiger partial charge < -0.3 is 10.5 Å². The van der Waals surface area contributed by atoms with E-state index in [9.17, 15) is 4.39 Å². The van der Waals surface area contributed by atoms with Gasteiger partial charge in [-0.25, -0.2) is 4.39 Å². The van der Waals surface area contributed by atoms with Gasteiger partial charge in [0.15, 0.2) is 0 Å². The highest BCUT2D eigenvalue weighted by atomic mass is 35.5. The van der Waals surface area contributed by atoms with Crippen LogP contribution in [0.5, 0.6) is 0 Å². The number of ether oxygens (including phenoxy) is 1. The number of nitrogens with zero attached hydrogens (tertiary/aromatic N) is 1. The molecule has 0 radical (unpaired) electrons. The molecule has 0 aliphatic carbocycles. The second kappa shape index (κ2) is 7.80. The van der Waals surface area contributed by atoms with Gasteiger partial charge in [-0.2, -0.15) is 0 Å². The highest BCUT2D eigenvalue weighted by Crippen LogP contribution is 2.24. The first kappa shape index (κ1) is 16.4. The van der Waals surface area contributed by atoms with E-state index in [2.05, 4.69) is 0 Å². The van der Waals surface area contributed by atoms with Crippen LogP contribution in [-0.2, 0) is 4.74 Å². The van der Waals surface area contributed by atoms with E-state index in [1.54, 1.807) is 6.07 Å². The Morgan fingerprint density at radius 2 is 2.11 bits per heavy atom. The Morgan fingerprint density at radius 3 is 2.68 bits per heavy atom. The van der Waals surface area contributed by atoms with Gasteiger partial charge >= 0.3 is 0 Å². The SMILES string of the molecule is CC(C)OCCN(C)C(CN)c1cc(Cl)ccc1F. The zero-order valence-corrected chi connectivity index (χ0v) is 12.5. The zero-order valence-electron chi connectivity index (χ0n) is 11.7. The first-order chi connectivity index (χ1) is 8.95. The molecule has 2 N–H and O–H groups in total. The molecule has 0 spiro atoms. The van der Waals surface area contributed by atoms with E-state index < -0.39 is 0 Å². The summed E-state index contributed by atoms with van der Waals surface area (Å²) in [5.74, 6) is -0.281. The van der Waals surface area contributed by atoms with E-state index in [-0.39, 0.29) is 18.0 Å². The van der Waals surface area contributed by atoms with Gasteiger partial charge in [0, 0.05) is 29.7 Å². The molecule has 1 atom stereocenters. The van der Waals surface area contributed by atoms with E-state index in [1.807, 2.05) is 25.8 Å². The third kappa shape index (κ3) is 5.07. The summed E-state index contributed by atoms with van der Waals surface area (Å²) in [6.45, 7) is 5.57. The molecule has 0 saturated carbocycles. The van der Waals surface area contributed by atoms with Crippen molar-refractivity contribution in [1.29, 1.82) is 0 Å². The summed E-state index contributed by atoms with van der Waals surface area (Å²) >= 11 is 5.92. The number of nitrogens with two attached hydrogens (primary N) is 1. The molecule has 5 heteroatoms. The number of rotatable bonds is 7. The molecule has 1 aromatic carbocycles. The minimum absolute atomic E-state index is 0.188. The highest BCUT2D eigenvalue weighted by molar-refractivity contribution is 6.30. The smallest absolute Gasteiger partial charge is 0.128 e. The van der Waals surface area contributed by atoms with Crippen LogP contribution in [0.3, 0.4) is 0 Å². The highest BCUT2D eigenvalue weighted by Gasteiger charge is 2.19. The quantitative estimate of drug-likeness (QED) is 0.838. The second-order valence-corrected chi connectivity index (χ2v) is 5.25. The van der Waals surface area contributed by atoms with E-state index >= 15 is 0 Å². The summed E-state index contributed by atoms with van der Waals surface area (Å²) in [5, 5.41) is 0.515. The third-order valence-electron chi connectivity index (χ3n) is 2.97. The first-order valence-corrected chi connectivity index (χ1v) is 6.80. The van der Waals surface area contributed by atoms with Crippen molar-refractivity contribution in [2.75, 3.05) is 26.7 Å². The Labute approximate surface area is 119 Å². The van der Waals surface area contributed by atoms with Gasteiger partial charge in [0.05, 0.1) is 12.7 Å². The number of benzene rings is 1. The average Bonchev–Trinajstić information content (AvgIpc) is 2.34. The van der Waals surface area contributed by atoms with E-state index in [0.717, 1.165) is 0 Å². The predicted octanol–water partition coefficient (Wildman–Crippen LogP) is 2.84. The van der Waals surface area contributed by atoms with Crippen LogP contribution in [0.2, 0.25) is 5.02 Å². The Bertz CT molecular complexity index is 401. The maximum atomic E-state index is 13.8. The number of hydrogen-bond donors (Lipinski definition) is 1. The van der Waals surface area contributed by atoms with Gasteiger partial charge in [-0.1, -0.05) is 11.6 Å². The Balaban J connectivity index is 2.73. The molecule has 0 bridgehead atoms. The van der Waals surface area contributed by atoms with Gasteiger partial charge in [-0.3, -0.25) is 4.90 Å². The fraction of sp³-hybridized carbons (Fsp3) is 0.571. The van der Waals surface area contributed by atoms with Crippen LogP contribution >= 0.6 is 11.6 Å². The summed E-state index contributed by atoms with van der Waals surface area (Å²) in [4.78, 5) is 1.98. The van der Waals surface area contributed by atoms with Crippen LogP contribution < -0.4 is 5.73 Å². The summed E-state index contributed by atoms with van der Waals surface area (Å²) < 4.78 is 19.3. The number of halogens is 2. The molecule has 1 aromatic rings. The maximum Gasteiger partial charge on any atom is 0.128 e. The van der Waals surface area contributed by atoms with Crippen molar-refractivity contribution in [3.05, 3.63) is 34.6 Å². The monoisotopic (exact) mass is 288 g/mol. The van der Waals surface area contributed by atoms with E-state index in [1.165, 1.54) is 12.1 Å². The number of hydrogen-bond acceptors (Lipinski definition) is 3. The minimum Gasteiger partial charge on any atom is -0.377 e. The van der Waals surface area contributed by atoms with Gasteiger partial charge in [-0.15, -0.1) is 0 Å². The lowest BCUT2D eigenvalue weighted by Gasteiger charge is -2.28. The van der Waals surface area contributed by atoms with Gasteiger partial charge in [0.1, 0.15) is 5.82 Å².